The summed E-state index contributed by atoms with van der Waals surface area (Å²) in [5.41, 5.74) is 1.09. The minimum atomic E-state index is -0.0816. The van der Waals surface area contributed by atoms with Gasteiger partial charge in [-0.05, 0) is 17.0 Å². The van der Waals surface area contributed by atoms with Crippen LogP contribution in [0.2, 0.25) is 0 Å². The lowest BCUT2D eigenvalue weighted by atomic mass is 10.1. The lowest BCUT2D eigenvalue weighted by Gasteiger charge is -2.17. The Hall–Kier alpha value is -1.32. The Morgan fingerprint density at radius 2 is 2.00 bits per heavy atom. The molecule has 2 rings (SSSR count). The second-order valence-electron chi connectivity index (χ2n) is 3.87. The summed E-state index contributed by atoms with van der Waals surface area (Å²) in [4.78, 5) is 12.9. The van der Waals surface area contributed by atoms with Crippen LogP contribution in [0.3, 0.4) is 0 Å². The molecule has 1 heterocycles. The molecule has 0 spiro atoms. The summed E-state index contributed by atoms with van der Waals surface area (Å²) >= 11 is 7.23. The van der Waals surface area contributed by atoms with Crippen LogP contribution in [0.25, 0.3) is 0 Å². The molecule has 1 atom stereocenters. The topological polar surface area (TPSA) is 29.1 Å². The minimum absolute atomic E-state index is 0.0211. The Bertz CT molecular complexity index is 484. The van der Waals surface area contributed by atoms with E-state index in [9.17, 15) is 4.79 Å². The van der Waals surface area contributed by atoms with E-state index < -0.39 is 0 Å². The van der Waals surface area contributed by atoms with Crippen LogP contribution in [0.1, 0.15) is 22.9 Å². The number of carbonyl (C=O) groups excluding carboxylic acids is 1. The van der Waals surface area contributed by atoms with Crippen LogP contribution in [0, 0.1) is 0 Å². The highest BCUT2D eigenvalue weighted by atomic mass is 35.5. The van der Waals surface area contributed by atoms with Crippen LogP contribution in [-0.2, 0) is 4.79 Å². The second kappa shape index (κ2) is 6.57. The fraction of sp³-hybridized carbons (Fsp3) is 0.214. The highest BCUT2D eigenvalue weighted by molar-refractivity contribution is 7.10. The fourth-order valence-electron chi connectivity index (χ4n) is 1.74. The molecule has 0 bridgehead atoms. The predicted molar refractivity (Wildman–Crippen MR) is 76.1 cm³/mol. The van der Waals surface area contributed by atoms with E-state index in [-0.39, 0.29) is 11.9 Å². The molecule has 0 saturated heterocycles. The third-order valence-electron chi connectivity index (χ3n) is 2.59. The van der Waals surface area contributed by atoms with Crippen LogP contribution in [0.5, 0.6) is 0 Å². The molecule has 1 unspecified atom stereocenters. The van der Waals surface area contributed by atoms with Gasteiger partial charge in [-0.15, -0.1) is 22.9 Å². The largest absolute Gasteiger partial charge is 0.344 e. The number of thiophene rings is 1. The molecule has 0 aliphatic rings. The standard InChI is InChI=1S/C14H14ClNOS/c15-9-8-13(17)16-14(12-7-4-10-18-12)11-5-2-1-3-6-11/h1-7,10,14H,8-9H2,(H,16,17). The van der Waals surface area contributed by atoms with Gasteiger partial charge in [0.2, 0.25) is 5.91 Å². The summed E-state index contributed by atoms with van der Waals surface area (Å²) in [6.07, 6.45) is 0.344. The molecule has 4 heteroatoms. The molecule has 1 N–H and O–H groups in total. The van der Waals surface area contributed by atoms with Gasteiger partial charge in [-0.3, -0.25) is 4.79 Å². The van der Waals surface area contributed by atoms with Gasteiger partial charge in [0.15, 0.2) is 0 Å². The van der Waals surface area contributed by atoms with E-state index in [0.29, 0.717) is 12.3 Å². The smallest absolute Gasteiger partial charge is 0.221 e. The Morgan fingerprint density at radius 3 is 2.61 bits per heavy atom. The Kier molecular flexibility index (Phi) is 4.79. The maximum Gasteiger partial charge on any atom is 0.221 e. The lowest BCUT2D eigenvalue weighted by Crippen LogP contribution is -2.28. The molecule has 94 valence electrons. The van der Waals surface area contributed by atoms with Crippen molar-refractivity contribution in [3.8, 4) is 0 Å². The van der Waals surface area contributed by atoms with Gasteiger partial charge >= 0.3 is 0 Å². The van der Waals surface area contributed by atoms with Gasteiger partial charge in [0.05, 0.1) is 6.04 Å². The van der Waals surface area contributed by atoms with Crippen molar-refractivity contribution in [2.24, 2.45) is 0 Å². The fourth-order valence-corrected chi connectivity index (χ4v) is 2.71. The summed E-state index contributed by atoms with van der Waals surface area (Å²) in [5.74, 6) is 0.324. The minimum Gasteiger partial charge on any atom is -0.344 e. The quantitative estimate of drug-likeness (QED) is 0.833. The molecular formula is C14H14ClNOS. The summed E-state index contributed by atoms with van der Waals surface area (Å²) in [6.45, 7) is 0. The lowest BCUT2D eigenvalue weighted by molar-refractivity contribution is -0.121. The highest BCUT2D eigenvalue weighted by Gasteiger charge is 2.16. The first kappa shape index (κ1) is 13.1. The van der Waals surface area contributed by atoms with E-state index in [1.807, 2.05) is 47.8 Å². The van der Waals surface area contributed by atoms with Crippen LogP contribution in [-0.4, -0.2) is 11.8 Å². The van der Waals surface area contributed by atoms with E-state index in [4.69, 9.17) is 11.6 Å². The number of hydrogen-bond acceptors (Lipinski definition) is 2. The molecule has 2 nitrogen and oxygen atoms in total. The van der Waals surface area contributed by atoms with Crippen molar-refractivity contribution in [3.05, 3.63) is 58.3 Å². The monoisotopic (exact) mass is 279 g/mol. The second-order valence-corrected chi connectivity index (χ2v) is 5.22. The first-order chi connectivity index (χ1) is 8.81. The molecule has 18 heavy (non-hydrogen) atoms. The number of benzene rings is 1. The molecule has 0 fully saturated rings. The van der Waals surface area contributed by atoms with Crippen molar-refractivity contribution in [1.29, 1.82) is 0 Å². The number of carbonyl (C=O) groups is 1. The van der Waals surface area contributed by atoms with E-state index >= 15 is 0 Å². The first-order valence-electron chi connectivity index (χ1n) is 5.75. The molecule has 2 aromatic rings. The predicted octanol–water partition coefficient (Wildman–Crippen LogP) is 3.58. The maximum atomic E-state index is 11.7. The van der Waals surface area contributed by atoms with Gasteiger partial charge < -0.3 is 5.32 Å². The van der Waals surface area contributed by atoms with Crippen molar-refractivity contribution in [3.63, 3.8) is 0 Å². The molecule has 1 aromatic heterocycles. The molecule has 1 amide bonds. The van der Waals surface area contributed by atoms with Gasteiger partial charge in [-0.1, -0.05) is 36.4 Å². The maximum absolute atomic E-state index is 11.7. The van der Waals surface area contributed by atoms with Crippen molar-refractivity contribution in [2.45, 2.75) is 12.5 Å². The van der Waals surface area contributed by atoms with E-state index in [2.05, 4.69) is 5.32 Å². The van der Waals surface area contributed by atoms with Crippen LogP contribution >= 0.6 is 22.9 Å². The Morgan fingerprint density at radius 1 is 1.22 bits per heavy atom. The number of alkyl halides is 1. The average molecular weight is 280 g/mol. The van der Waals surface area contributed by atoms with Crippen LogP contribution in [0.15, 0.2) is 47.8 Å². The van der Waals surface area contributed by atoms with E-state index in [0.717, 1.165) is 10.4 Å². The van der Waals surface area contributed by atoms with Gasteiger partial charge in [-0.2, -0.15) is 0 Å². The molecule has 0 aliphatic carbocycles. The van der Waals surface area contributed by atoms with Gasteiger partial charge in [0, 0.05) is 17.2 Å². The van der Waals surface area contributed by atoms with Crippen molar-refractivity contribution in [2.75, 3.05) is 5.88 Å². The number of nitrogens with one attached hydrogen (secondary N) is 1. The molecule has 0 aliphatic heterocycles. The van der Waals surface area contributed by atoms with E-state index in [1.165, 1.54) is 0 Å². The zero-order chi connectivity index (χ0) is 12.8. The average Bonchev–Trinajstić information content (AvgIpc) is 2.91. The van der Waals surface area contributed by atoms with Crippen LogP contribution in [0.4, 0.5) is 0 Å². The molecule has 1 aromatic carbocycles. The number of amides is 1. The summed E-state index contributed by atoms with van der Waals surface area (Å²) in [7, 11) is 0. The Labute approximate surface area is 116 Å². The normalized spacial score (nSPS) is 12.1. The third kappa shape index (κ3) is 3.34. The zero-order valence-corrected chi connectivity index (χ0v) is 11.4. The highest BCUT2D eigenvalue weighted by Crippen LogP contribution is 2.25. The third-order valence-corrected chi connectivity index (χ3v) is 3.71. The Balaban J connectivity index is 2.22. The number of rotatable bonds is 5. The molecule has 0 saturated carbocycles. The zero-order valence-electron chi connectivity index (χ0n) is 9.80. The van der Waals surface area contributed by atoms with Crippen molar-refractivity contribution >= 4 is 28.8 Å². The summed E-state index contributed by atoms with van der Waals surface area (Å²) in [5, 5.41) is 5.04. The summed E-state index contributed by atoms with van der Waals surface area (Å²) < 4.78 is 0. The number of halogens is 1. The SMILES string of the molecule is O=C(CCCl)NC(c1ccccc1)c1cccs1. The van der Waals surface area contributed by atoms with Gasteiger partial charge in [0.25, 0.3) is 0 Å². The summed E-state index contributed by atoms with van der Waals surface area (Å²) in [6, 6.07) is 13.9. The first-order valence-corrected chi connectivity index (χ1v) is 7.16. The molecular weight excluding hydrogens is 266 g/mol. The van der Waals surface area contributed by atoms with Gasteiger partial charge in [-0.25, -0.2) is 0 Å². The van der Waals surface area contributed by atoms with E-state index in [1.54, 1.807) is 11.3 Å². The van der Waals surface area contributed by atoms with Crippen molar-refractivity contribution < 1.29 is 4.79 Å². The number of hydrogen-bond donors (Lipinski definition) is 1. The molecule has 0 radical (unpaired) electrons. The van der Waals surface area contributed by atoms with Gasteiger partial charge in [0.1, 0.15) is 0 Å². The van der Waals surface area contributed by atoms with Crippen LogP contribution < -0.4 is 5.32 Å². The van der Waals surface area contributed by atoms with Crippen molar-refractivity contribution in [1.82, 2.24) is 5.32 Å².